The average molecular weight is 326 g/mol. The fourth-order valence-electron chi connectivity index (χ4n) is 1.18. The minimum atomic E-state index is -3.79. The van der Waals surface area contributed by atoms with Crippen LogP contribution >= 0.6 is 11.8 Å². The number of hydrogen-bond donors (Lipinski definition) is 3. The summed E-state index contributed by atoms with van der Waals surface area (Å²) < 4.78 is 50.2. The molecular formula is C11H16F2N2O3S2. The van der Waals surface area contributed by atoms with Crippen LogP contribution in [0, 0.1) is 0 Å². The van der Waals surface area contributed by atoms with Gasteiger partial charge in [0.15, 0.2) is 0 Å². The number of alkyl halides is 2. The quantitative estimate of drug-likeness (QED) is 0.488. The summed E-state index contributed by atoms with van der Waals surface area (Å²) in [6.07, 6.45) is 0. The number of aliphatic hydroxyl groups is 1. The second-order valence-electron chi connectivity index (χ2n) is 4.07. The zero-order valence-electron chi connectivity index (χ0n) is 10.6. The van der Waals surface area contributed by atoms with E-state index in [2.05, 4.69) is 0 Å². The number of rotatable bonds is 8. The molecule has 0 saturated carbocycles. The summed E-state index contributed by atoms with van der Waals surface area (Å²) in [5.74, 6) is -3.51. The standard InChI is InChI=1S/C11H16F2N2O3S2/c12-11(13,8-16)7-15-20(17,18)6-5-19-10-3-1-9(14)2-4-10/h1-4,15-16H,5-8,14H2. The maximum Gasteiger partial charge on any atom is 0.283 e. The van der Waals surface area contributed by atoms with Gasteiger partial charge in [0, 0.05) is 16.3 Å². The molecule has 0 unspecified atom stereocenters. The first kappa shape index (κ1) is 17.2. The Kier molecular flexibility index (Phi) is 6.18. The summed E-state index contributed by atoms with van der Waals surface area (Å²) in [7, 11) is -3.79. The number of thioether (sulfide) groups is 1. The maximum atomic E-state index is 12.7. The van der Waals surface area contributed by atoms with E-state index in [-0.39, 0.29) is 11.5 Å². The lowest BCUT2D eigenvalue weighted by atomic mass is 10.3. The summed E-state index contributed by atoms with van der Waals surface area (Å²) >= 11 is 1.28. The normalized spacial score (nSPS) is 12.6. The van der Waals surface area contributed by atoms with E-state index in [1.165, 1.54) is 11.8 Å². The van der Waals surface area contributed by atoms with Crippen LogP contribution in [0.4, 0.5) is 14.5 Å². The zero-order valence-corrected chi connectivity index (χ0v) is 12.2. The van der Waals surface area contributed by atoms with Gasteiger partial charge >= 0.3 is 0 Å². The van der Waals surface area contributed by atoms with Gasteiger partial charge < -0.3 is 10.8 Å². The molecule has 0 fully saturated rings. The predicted octanol–water partition coefficient (Wildman–Crippen LogP) is 0.908. The molecule has 1 aromatic rings. The Morgan fingerprint density at radius 1 is 1.30 bits per heavy atom. The number of hydrogen-bond acceptors (Lipinski definition) is 5. The minimum absolute atomic E-state index is 0.226. The van der Waals surface area contributed by atoms with Gasteiger partial charge in [0.05, 0.1) is 12.3 Å². The van der Waals surface area contributed by atoms with Crippen molar-refractivity contribution in [3.8, 4) is 0 Å². The van der Waals surface area contributed by atoms with Crippen LogP contribution < -0.4 is 10.5 Å². The number of nitrogen functional groups attached to an aromatic ring is 1. The fraction of sp³-hybridized carbons (Fsp3) is 0.455. The molecule has 0 amide bonds. The lowest BCUT2D eigenvalue weighted by molar-refractivity contribution is -0.0437. The summed E-state index contributed by atoms with van der Waals surface area (Å²) in [6, 6.07) is 6.88. The van der Waals surface area contributed by atoms with Gasteiger partial charge in [-0.05, 0) is 24.3 Å². The molecule has 0 heterocycles. The second-order valence-corrected chi connectivity index (χ2v) is 7.17. The van der Waals surface area contributed by atoms with Gasteiger partial charge in [0.25, 0.3) is 5.92 Å². The van der Waals surface area contributed by atoms with Crippen molar-refractivity contribution in [3.63, 3.8) is 0 Å². The average Bonchev–Trinajstić information content (AvgIpc) is 2.39. The molecule has 0 saturated heterocycles. The third kappa shape index (κ3) is 6.51. The molecule has 0 aliphatic heterocycles. The molecule has 20 heavy (non-hydrogen) atoms. The van der Waals surface area contributed by atoms with E-state index >= 15 is 0 Å². The highest BCUT2D eigenvalue weighted by molar-refractivity contribution is 8.00. The first-order valence-electron chi connectivity index (χ1n) is 5.68. The van der Waals surface area contributed by atoms with Gasteiger partial charge in [-0.3, -0.25) is 0 Å². The van der Waals surface area contributed by atoms with E-state index in [9.17, 15) is 17.2 Å². The Morgan fingerprint density at radius 3 is 2.45 bits per heavy atom. The molecule has 5 nitrogen and oxygen atoms in total. The minimum Gasteiger partial charge on any atom is -0.399 e. The molecule has 1 aromatic carbocycles. The SMILES string of the molecule is Nc1ccc(SCCS(=O)(=O)NCC(F)(F)CO)cc1. The van der Waals surface area contributed by atoms with Crippen molar-refractivity contribution in [2.45, 2.75) is 10.8 Å². The van der Waals surface area contributed by atoms with Crippen molar-refractivity contribution in [2.24, 2.45) is 0 Å². The number of nitrogens with one attached hydrogen (secondary N) is 1. The van der Waals surface area contributed by atoms with Gasteiger partial charge in [-0.2, -0.15) is 0 Å². The number of sulfonamides is 1. The molecule has 1 rings (SSSR count). The van der Waals surface area contributed by atoms with Crippen LogP contribution in [0.5, 0.6) is 0 Å². The van der Waals surface area contributed by atoms with Crippen LogP contribution in [0.15, 0.2) is 29.2 Å². The zero-order chi connectivity index (χ0) is 15.2. The Bertz CT molecular complexity index is 521. The monoisotopic (exact) mass is 326 g/mol. The van der Waals surface area contributed by atoms with E-state index in [0.717, 1.165) is 4.90 Å². The fourth-order valence-corrected chi connectivity index (χ4v) is 3.53. The first-order chi connectivity index (χ1) is 9.24. The van der Waals surface area contributed by atoms with Crippen LogP contribution in [0.2, 0.25) is 0 Å². The van der Waals surface area contributed by atoms with Gasteiger partial charge in [-0.25, -0.2) is 21.9 Å². The van der Waals surface area contributed by atoms with Crippen LogP contribution in [-0.4, -0.2) is 44.1 Å². The van der Waals surface area contributed by atoms with Crippen molar-refractivity contribution in [1.29, 1.82) is 0 Å². The van der Waals surface area contributed by atoms with E-state index in [0.29, 0.717) is 5.69 Å². The smallest absolute Gasteiger partial charge is 0.283 e. The van der Waals surface area contributed by atoms with Gasteiger partial charge in [0.2, 0.25) is 10.0 Å². The summed E-state index contributed by atoms with van der Waals surface area (Å²) in [4.78, 5) is 0.843. The van der Waals surface area contributed by atoms with Gasteiger partial charge in [-0.1, -0.05) is 0 Å². The van der Waals surface area contributed by atoms with Crippen LogP contribution in [-0.2, 0) is 10.0 Å². The molecule has 4 N–H and O–H groups in total. The lowest BCUT2D eigenvalue weighted by Crippen LogP contribution is -2.40. The van der Waals surface area contributed by atoms with Crippen molar-refractivity contribution in [3.05, 3.63) is 24.3 Å². The van der Waals surface area contributed by atoms with Gasteiger partial charge in [0.1, 0.15) is 6.61 Å². The molecular weight excluding hydrogens is 310 g/mol. The van der Waals surface area contributed by atoms with Crippen molar-refractivity contribution >= 4 is 27.5 Å². The topological polar surface area (TPSA) is 92.4 Å². The van der Waals surface area contributed by atoms with Crippen molar-refractivity contribution < 1.29 is 22.3 Å². The molecule has 0 radical (unpaired) electrons. The van der Waals surface area contributed by atoms with E-state index in [4.69, 9.17) is 10.8 Å². The van der Waals surface area contributed by atoms with E-state index in [1.807, 2.05) is 0 Å². The third-order valence-corrected chi connectivity index (χ3v) is 4.88. The molecule has 0 spiro atoms. The maximum absolute atomic E-state index is 12.7. The third-order valence-electron chi connectivity index (χ3n) is 2.28. The highest BCUT2D eigenvalue weighted by atomic mass is 32.2. The summed E-state index contributed by atoms with van der Waals surface area (Å²) in [6.45, 7) is -2.49. The highest BCUT2D eigenvalue weighted by Crippen LogP contribution is 2.19. The molecule has 0 aliphatic carbocycles. The number of benzene rings is 1. The number of anilines is 1. The predicted molar refractivity (Wildman–Crippen MR) is 75.4 cm³/mol. The number of aliphatic hydroxyl groups excluding tert-OH is 1. The van der Waals surface area contributed by atoms with Crippen molar-refractivity contribution in [1.82, 2.24) is 4.72 Å². The second kappa shape index (κ2) is 7.21. The van der Waals surface area contributed by atoms with E-state index < -0.39 is 29.1 Å². The van der Waals surface area contributed by atoms with Crippen LogP contribution in [0.1, 0.15) is 0 Å². The molecule has 0 atom stereocenters. The van der Waals surface area contributed by atoms with Gasteiger partial charge in [-0.15, -0.1) is 11.8 Å². The Balaban J connectivity index is 2.38. The Labute approximate surface area is 120 Å². The number of halogens is 2. The van der Waals surface area contributed by atoms with E-state index in [1.54, 1.807) is 29.0 Å². The first-order valence-corrected chi connectivity index (χ1v) is 8.32. The largest absolute Gasteiger partial charge is 0.399 e. The Hall–Kier alpha value is -0.900. The lowest BCUT2D eigenvalue weighted by Gasteiger charge is -2.14. The molecule has 0 aliphatic rings. The van der Waals surface area contributed by atoms with Crippen molar-refractivity contribution in [2.75, 3.05) is 30.4 Å². The molecule has 0 aromatic heterocycles. The molecule has 9 heteroatoms. The highest BCUT2D eigenvalue weighted by Gasteiger charge is 2.29. The van der Waals surface area contributed by atoms with Crippen LogP contribution in [0.25, 0.3) is 0 Å². The summed E-state index contributed by atoms with van der Waals surface area (Å²) in [5, 5.41) is 8.34. The molecule has 0 bridgehead atoms. The summed E-state index contributed by atoms with van der Waals surface area (Å²) in [5.41, 5.74) is 6.12. The van der Waals surface area contributed by atoms with Crippen LogP contribution in [0.3, 0.4) is 0 Å². The number of nitrogens with two attached hydrogens (primary N) is 1. The Morgan fingerprint density at radius 2 is 1.90 bits per heavy atom. The molecule has 114 valence electrons.